The van der Waals surface area contributed by atoms with Crippen LogP contribution < -0.4 is 0 Å². The molecule has 0 unspecified atom stereocenters. The predicted octanol–water partition coefficient (Wildman–Crippen LogP) is -2.13. The number of unbranched alkanes of at least 4 members (excludes halogenated alkanes) is 8. The maximum Gasteiger partial charge on any atom is 0.397 e. The summed E-state index contributed by atoms with van der Waals surface area (Å²) in [5.74, 6) is -5.42. The van der Waals surface area contributed by atoms with Gasteiger partial charge >= 0.3 is 78.8 Å². The zero-order valence-electron chi connectivity index (χ0n) is 32.4. The fourth-order valence-electron chi connectivity index (χ4n) is 5.91. The van der Waals surface area contributed by atoms with Crippen molar-refractivity contribution in [3.05, 3.63) is 0 Å². The Morgan fingerprint density at radius 3 is 1.38 bits per heavy atom. The van der Waals surface area contributed by atoms with Gasteiger partial charge in [0.05, 0.1) is 13.2 Å². The second-order valence-electron chi connectivity index (χ2n) is 13.2. The van der Waals surface area contributed by atoms with Crippen LogP contribution in [0.25, 0.3) is 0 Å². The largest absolute Gasteiger partial charge is 0.454 e. The Balaban J connectivity index is 2.92. The molecule has 33 nitrogen and oxygen atoms in total. The fraction of sp³-hybridized carbons (Fsp3) is 0.958. The summed E-state index contributed by atoms with van der Waals surface area (Å²) >= 11 is 0. The quantitative estimate of drug-likeness (QED) is 0.0229. The number of esters is 1. The van der Waals surface area contributed by atoms with E-state index in [1.807, 2.05) is 6.92 Å². The van der Waals surface area contributed by atoms with E-state index in [0.717, 1.165) is 32.1 Å². The molecule has 0 amide bonds. The molecule has 40 heteroatoms. The lowest BCUT2D eigenvalue weighted by Gasteiger charge is -2.46. The standard InChI is InChI=1S/C24H44O33S7/c1-2-3-4-5-6-7-8-9-10-11-17(25)51-21-20(56-63(41,42)43)18(54-61(35,36)37)15(12-47-58(26,27)28)50-23(21)53-24(14-49-60(32,33)34)22(57-64(44,45)46)19(55-62(38,39)40)16(52-24)13-48-59(29,30)31/h15-16,18-23H,2-14H2,1H3,(H,26,27,28)(H,29,30,31)(H,32,33,34)(H,35,36,37)(H,38,39,40)(H,41,42,43)(H,44,45,46)/t15-,16-,18-,19-,20+,21-,22+,23-,24+/m1/s1. The molecule has 2 fully saturated rings. The summed E-state index contributed by atoms with van der Waals surface area (Å²) in [6.45, 7) is -3.87. The molecule has 380 valence electrons. The summed E-state index contributed by atoms with van der Waals surface area (Å²) in [5.41, 5.74) is 0. The normalized spacial score (nSPS) is 27.7. The van der Waals surface area contributed by atoms with Crippen molar-refractivity contribution in [1.29, 1.82) is 0 Å². The first-order valence-corrected chi connectivity index (χ1v) is 27.2. The first-order valence-electron chi connectivity index (χ1n) is 17.6. The van der Waals surface area contributed by atoms with Crippen molar-refractivity contribution < 1.29 is 144 Å². The van der Waals surface area contributed by atoms with E-state index < -0.39 is 160 Å². The molecule has 2 saturated heterocycles. The highest BCUT2D eigenvalue weighted by Crippen LogP contribution is 2.43. The number of hydrogen-bond donors (Lipinski definition) is 7. The van der Waals surface area contributed by atoms with Gasteiger partial charge in [-0.1, -0.05) is 58.3 Å². The topological polar surface area (TPSA) is 499 Å². The smallest absolute Gasteiger partial charge is 0.397 e. The van der Waals surface area contributed by atoms with Gasteiger partial charge in [-0.05, 0) is 6.42 Å². The molecule has 2 rings (SSSR count). The fourth-order valence-corrected chi connectivity index (χ4v) is 8.87. The molecule has 0 aromatic heterocycles. The zero-order valence-corrected chi connectivity index (χ0v) is 38.1. The van der Waals surface area contributed by atoms with Crippen LogP contribution in [0.4, 0.5) is 0 Å². The van der Waals surface area contributed by atoms with E-state index in [1.54, 1.807) is 0 Å². The molecule has 0 aromatic rings. The van der Waals surface area contributed by atoms with Gasteiger partial charge in [-0.3, -0.25) is 36.7 Å². The SMILES string of the molecule is CCCCCCCCCCCC(=O)O[C@H]1[C@@H](O[C@]2(COS(=O)(=O)O)O[C@H](COS(=O)(=O)O)[C@@H](OS(=O)(=O)O)[C@@H]2OS(=O)(=O)O)O[C@H](COS(=O)(=O)O)[C@@H](OS(=O)(=O)O)[C@@H]1OS(=O)(=O)O. The van der Waals surface area contributed by atoms with Crippen LogP contribution in [-0.2, 0) is 126 Å². The van der Waals surface area contributed by atoms with Crippen LogP contribution in [0.1, 0.15) is 71.1 Å². The van der Waals surface area contributed by atoms with Crippen LogP contribution in [0.3, 0.4) is 0 Å². The summed E-state index contributed by atoms with van der Waals surface area (Å²) in [6.07, 6.45) is -18.5. The third kappa shape index (κ3) is 23.0. The van der Waals surface area contributed by atoms with Crippen molar-refractivity contribution in [2.24, 2.45) is 0 Å². The number of rotatable bonds is 30. The zero-order chi connectivity index (χ0) is 49.2. The molecule has 0 spiro atoms. The van der Waals surface area contributed by atoms with Crippen LogP contribution in [0.5, 0.6) is 0 Å². The van der Waals surface area contributed by atoms with E-state index >= 15 is 0 Å². The highest BCUT2D eigenvalue weighted by Gasteiger charge is 2.65. The molecule has 9 atom stereocenters. The van der Waals surface area contributed by atoms with Crippen molar-refractivity contribution >= 4 is 78.8 Å². The van der Waals surface area contributed by atoms with Gasteiger partial charge in [-0.2, -0.15) is 58.9 Å². The van der Waals surface area contributed by atoms with E-state index in [2.05, 4.69) is 29.3 Å². The van der Waals surface area contributed by atoms with Crippen LogP contribution in [0.2, 0.25) is 0 Å². The van der Waals surface area contributed by atoms with Gasteiger partial charge in [0.15, 0.2) is 18.3 Å². The second-order valence-corrected chi connectivity index (χ2v) is 20.7. The van der Waals surface area contributed by atoms with E-state index in [-0.39, 0.29) is 6.42 Å². The van der Waals surface area contributed by atoms with Gasteiger partial charge in [0, 0.05) is 6.42 Å². The van der Waals surface area contributed by atoms with E-state index in [1.165, 1.54) is 0 Å². The number of carbonyl (C=O) groups is 1. The molecule has 0 saturated carbocycles. The Labute approximate surface area is 366 Å². The van der Waals surface area contributed by atoms with Crippen LogP contribution in [-0.4, -0.2) is 171 Å². The highest BCUT2D eigenvalue weighted by atomic mass is 32.3. The first kappa shape index (κ1) is 58.6. The summed E-state index contributed by atoms with van der Waals surface area (Å²) in [6, 6.07) is 0. The summed E-state index contributed by atoms with van der Waals surface area (Å²) in [5, 5.41) is 0. The lowest BCUT2D eigenvalue weighted by atomic mass is 9.98. The first-order chi connectivity index (χ1) is 28.9. The third-order valence-electron chi connectivity index (χ3n) is 8.20. The van der Waals surface area contributed by atoms with Crippen molar-refractivity contribution in [3.63, 3.8) is 0 Å². The number of ether oxygens (including phenoxy) is 4. The third-order valence-corrected chi connectivity index (χ3v) is 11.3. The summed E-state index contributed by atoms with van der Waals surface area (Å²) in [4.78, 5) is 13.3. The Morgan fingerprint density at radius 2 is 0.922 bits per heavy atom. The van der Waals surface area contributed by atoms with Crippen molar-refractivity contribution in [3.8, 4) is 0 Å². The molecule has 0 aliphatic carbocycles. The molecule has 0 radical (unpaired) electrons. The van der Waals surface area contributed by atoms with Gasteiger partial charge in [-0.15, -0.1) is 0 Å². The van der Waals surface area contributed by atoms with E-state index in [0.29, 0.717) is 19.3 Å². The minimum Gasteiger partial charge on any atom is -0.454 e. The van der Waals surface area contributed by atoms with Crippen molar-refractivity contribution in [2.75, 3.05) is 19.8 Å². The molecule has 2 aliphatic rings. The molecule has 2 aliphatic heterocycles. The molecular formula is C24H44O33S7. The summed E-state index contributed by atoms with van der Waals surface area (Å²) in [7, 11) is -41.4. The maximum absolute atomic E-state index is 13.3. The average molecular weight is 1090 g/mol. The van der Waals surface area contributed by atoms with Crippen LogP contribution >= 0.6 is 0 Å². The minimum atomic E-state index is -6.17. The van der Waals surface area contributed by atoms with E-state index in [9.17, 15) is 91.0 Å². The summed E-state index contributed by atoms with van der Waals surface area (Å²) < 4.78 is 283. The van der Waals surface area contributed by atoms with E-state index in [4.69, 9.17) is 23.5 Å². The number of carbonyl (C=O) groups excluding carboxylic acids is 1. The van der Waals surface area contributed by atoms with Crippen LogP contribution in [0, 0.1) is 0 Å². The Bertz CT molecular complexity index is 2330. The van der Waals surface area contributed by atoms with Gasteiger partial charge < -0.3 is 18.9 Å². The van der Waals surface area contributed by atoms with Gasteiger partial charge in [0.1, 0.15) is 31.0 Å². The maximum atomic E-state index is 13.3. The minimum absolute atomic E-state index is 0.0316. The van der Waals surface area contributed by atoms with Crippen molar-refractivity contribution in [2.45, 2.75) is 126 Å². The monoisotopic (exact) mass is 1080 g/mol. The highest BCUT2D eigenvalue weighted by molar-refractivity contribution is 7.82. The lowest BCUT2D eigenvalue weighted by molar-refractivity contribution is -0.377. The van der Waals surface area contributed by atoms with Gasteiger partial charge in [-0.25, -0.2) is 29.3 Å². The number of hydrogen-bond acceptors (Lipinski definition) is 26. The molecular weight excluding hydrogens is 1040 g/mol. The van der Waals surface area contributed by atoms with Crippen molar-refractivity contribution in [1.82, 2.24) is 0 Å². The molecule has 7 N–H and O–H groups in total. The lowest BCUT2D eigenvalue weighted by Crippen LogP contribution is -2.65. The van der Waals surface area contributed by atoms with Gasteiger partial charge in [0.2, 0.25) is 12.1 Å². The van der Waals surface area contributed by atoms with Gasteiger partial charge in [0.25, 0.3) is 0 Å². The predicted molar refractivity (Wildman–Crippen MR) is 197 cm³/mol. The Kier molecular flexibility index (Phi) is 21.6. The van der Waals surface area contributed by atoms with Crippen LogP contribution in [0.15, 0.2) is 0 Å². The Hall–Kier alpha value is -1.56. The second kappa shape index (κ2) is 23.6. The molecule has 2 heterocycles. The molecule has 0 bridgehead atoms. The molecule has 0 aromatic carbocycles. The molecule has 64 heavy (non-hydrogen) atoms. The average Bonchev–Trinajstić information content (AvgIpc) is 3.34. The Morgan fingerprint density at radius 1 is 0.500 bits per heavy atom.